The quantitative estimate of drug-likeness (QED) is 0.433. The number of nitrogens with zero attached hydrogens (tertiary/aromatic N) is 2. The molecular formula is C27H31ClFN3. The third-order valence-electron chi connectivity index (χ3n) is 6.40. The van der Waals surface area contributed by atoms with Crippen LogP contribution in [0, 0.1) is 18.7 Å². The smallest absolute Gasteiger partial charge is 0.167 e. The monoisotopic (exact) mass is 451 g/mol. The molecule has 3 nitrogen and oxygen atoms in total. The minimum atomic E-state index is -0.366. The van der Waals surface area contributed by atoms with Crippen LogP contribution in [-0.4, -0.2) is 23.1 Å². The molecular weight excluding hydrogens is 421 g/mol. The second-order valence-corrected chi connectivity index (χ2v) is 9.26. The zero-order valence-electron chi connectivity index (χ0n) is 18.7. The topological polar surface area (TPSA) is 37.8 Å². The highest BCUT2D eigenvalue weighted by molar-refractivity contribution is 6.31. The molecule has 1 saturated heterocycles. The molecule has 0 spiro atoms. The van der Waals surface area contributed by atoms with Crippen LogP contribution in [0.15, 0.2) is 48.7 Å². The molecule has 1 aromatic heterocycles. The highest BCUT2D eigenvalue weighted by atomic mass is 35.5. The van der Waals surface area contributed by atoms with Crippen LogP contribution in [0.1, 0.15) is 48.2 Å². The maximum absolute atomic E-state index is 14.6. The van der Waals surface area contributed by atoms with Gasteiger partial charge in [-0.25, -0.2) is 14.4 Å². The molecule has 0 saturated carbocycles. The summed E-state index contributed by atoms with van der Waals surface area (Å²) in [7, 11) is 0. The van der Waals surface area contributed by atoms with Gasteiger partial charge < -0.3 is 5.32 Å². The fourth-order valence-electron chi connectivity index (χ4n) is 4.38. The van der Waals surface area contributed by atoms with E-state index in [2.05, 4.69) is 33.5 Å². The number of nitrogens with one attached hydrogen (secondary N) is 1. The van der Waals surface area contributed by atoms with Gasteiger partial charge in [0.2, 0.25) is 0 Å². The summed E-state index contributed by atoms with van der Waals surface area (Å²) in [5.41, 5.74) is 4.76. The Morgan fingerprint density at radius 3 is 2.66 bits per heavy atom. The van der Waals surface area contributed by atoms with Gasteiger partial charge in [0.05, 0.1) is 6.20 Å². The number of aromatic nitrogens is 2. The molecule has 5 heteroatoms. The minimum Gasteiger partial charge on any atom is -0.317 e. The number of rotatable bonds is 8. The lowest BCUT2D eigenvalue weighted by Crippen LogP contribution is -2.27. The Balaban J connectivity index is 1.40. The van der Waals surface area contributed by atoms with Crippen molar-refractivity contribution in [1.29, 1.82) is 0 Å². The van der Waals surface area contributed by atoms with Crippen molar-refractivity contribution in [1.82, 2.24) is 15.3 Å². The van der Waals surface area contributed by atoms with Crippen LogP contribution < -0.4 is 5.32 Å². The first-order chi connectivity index (χ1) is 15.6. The molecule has 1 N–H and O–H groups in total. The van der Waals surface area contributed by atoms with E-state index in [1.807, 2.05) is 31.2 Å². The zero-order chi connectivity index (χ0) is 22.3. The Kier molecular flexibility index (Phi) is 7.88. The van der Waals surface area contributed by atoms with E-state index in [0.717, 1.165) is 54.4 Å². The van der Waals surface area contributed by atoms with Gasteiger partial charge in [-0.3, -0.25) is 0 Å². The molecule has 0 bridgehead atoms. The fraction of sp³-hybridized carbons (Fsp3) is 0.407. The predicted molar refractivity (Wildman–Crippen MR) is 130 cm³/mol. The van der Waals surface area contributed by atoms with Crippen molar-refractivity contribution in [2.75, 3.05) is 13.1 Å². The standard InChI is InChI=1S/C27H31ClFN3/c1-19-8-9-22(17-24(19)28)5-3-7-26-31-18-25(29)27(32-26)23-6-2-4-21(16-23)11-10-20-12-14-30-15-13-20/h2,4,6,8-9,16-18,20,30H,3,5,7,10-15H2,1H3. The van der Waals surface area contributed by atoms with Crippen molar-refractivity contribution < 1.29 is 4.39 Å². The summed E-state index contributed by atoms with van der Waals surface area (Å²) in [5, 5.41) is 4.22. The summed E-state index contributed by atoms with van der Waals surface area (Å²) < 4.78 is 14.6. The fourth-order valence-corrected chi connectivity index (χ4v) is 4.59. The number of benzene rings is 2. The number of hydrogen-bond acceptors (Lipinski definition) is 3. The van der Waals surface area contributed by atoms with E-state index in [0.29, 0.717) is 17.9 Å². The largest absolute Gasteiger partial charge is 0.317 e. The van der Waals surface area contributed by atoms with Crippen molar-refractivity contribution in [2.45, 2.75) is 51.9 Å². The second kappa shape index (κ2) is 11.0. The molecule has 0 amide bonds. The molecule has 1 aliphatic rings. The molecule has 32 heavy (non-hydrogen) atoms. The zero-order valence-corrected chi connectivity index (χ0v) is 19.5. The van der Waals surface area contributed by atoms with Crippen molar-refractivity contribution in [2.24, 2.45) is 5.92 Å². The van der Waals surface area contributed by atoms with E-state index in [4.69, 9.17) is 11.6 Å². The number of aryl methyl sites for hydroxylation is 4. The van der Waals surface area contributed by atoms with E-state index >= 15 is 0 Å². The van der Waals surface area contributed by atoms with Gasteiger partial charge in [0, 0.05) is 17.0 Å². The molecule has 168 valence electrons. The van der Waals surface area contributed by atoms with Gasteiger partial charge >= 0.3 is 0 Å². The summed E-state index contributed by atoms with van der Waals surface area (Å²) in [5.74, 6) is 1.10. The first-order valence-corrected chi connectivity index (χ1v) is 12.0. The number of hydrogen-bond donors (Lipinski definition) is 1. The molecule has 1 fully saturated rings. The Hall–Kier alpha value is -2.30. The summed E-state index contributed by atoms with van der Waals surface area (Å²) in [6.07, 6.45) is 8.50. The number of halogens is 2. The molecule has 0 unspecified atom stereocenters. The summed E-state index contributed by atoms with van der Waals surface area (Å²) >= 11 is 6.23. The lowest BCUT2D eigenvalue weighted by molar-refractivity contribution is 0.354. The van der Waals surface area contributed by atoms with Crippen molar-refractivity contribution in [3.63, 3.8) is 0 Å². The highest BCUT2D eigenvalue weighted by Gasteiger charge is 2.14. The highest BCUT2D eigenvalue weighted by Crippen LogP contribution is 2.24. The predicted octanol–water partition coefficient (Wildman–Crippen LogP) is 6.35. The van der Waals surface area contributed by atoms with Gasteiger partial charge in [0.1, 0.15) is 11.5 Å². The normalized spacial score (nSPS) is 14.6. The SMILES string of the molecule is Cc1ccc(CCCc2ncc(F)c(-c3cccc(CCC4CCNCC4)c3)n2)cc1Cl. The average Bonchev–Trinajstić information content (AvgIpc) is 2.82. The number of piperidine rings is 1. The molecule has 2 aromatic carbocycles. The molecule has 2 heterocycles. The third kappa shape index (κ3) is 6.14. The van der Waals surface area contributed by atoms with Gasteiger partial charge in [-0.2, -0.15) is 0 Å². The lowest BCUT2D eigenvalue weighted by atomic mass is 9.91. The van der Waals surface area contributed by atoms with Gasteiger partial charge in [-0.15, -0.1) is 0 Å². The van der Waals surface area contributed by atoms with E-state index in [1.54, 1.807) is 0 Å². The van der Waals surface area contributed by atoms with E-state index < -0.39 is 0 Å². The van der Waals surface area contributed by atoms with Gasteiger partial charge in [0.15, 0.2) is 5.82 Å². The van der Waals surface area contributed by atoms with Crippen LogP contribution >= 0.6 is 11.6 Å². The average molecular weight is 452 g/mol. The lowest BCUT2D eigenvalue weighted by Gasteiger charge is -2.22. The van der Waals surface area contributed by atoms with E-state index in [9.17, 15) is 4.39 Å². The Morgan fingerprint density at radius 1 is 1.03 bits per heavy atom. The summed E-state index contributed by atoms with van der Waals surface area (Å²) in [6.45, 7) is 4.25. The maximum atomic E-state index is 14.6. The first-order valence-electron chi connectivity index (χ1n) is 11.6. The van der Waals surface area contributed by atoms with Crippen molar-refractivity contribution in [3.8, 4) is 11.3 Å². The van der Waals surface area contributed by atoms with Crippen LogP contribution in [0.4, 0.5) is 4.39 Å². The molecule has 0 aliphatic carbocycles. The maximum Gasteiger partial charge on any atom is 0.167 e. The van der Waals surface area contributed by atoms with Gasteiger partial charge in [-0.1, -0.05) is 41.9 Å². The molecule has 0 atom stereocenters. The van der Waals surface area contributed by atoms with Crippen LogP contribution in [0.3, 0.4) is 0 Å². The van der Waals surface area contributed by atoms with E-state index in [-0.39, 0.29) is 5.82 Å². The van der Waals surface area contributed by atoms with Crippen LogP contribution in [0.5, 0.6) is 0 Å². The molecule has 3 aromatic rings. The Bertz CT molecular complexity index is 1050. The Morgan fingerprint density at radius 2 is 1.84 bits per heavy atom. The van der Waals surface area contributed by atoms with Crippen molar-refractivity contribution >= 4 is 11.6 Å². The van der Waals surface area contributed by atoms with Crippen molar-refractivity contribution in [3.05, 3.63) is 82.0 Å². The van der Waals surface area contributed by atoms with Crippen LogP contribution in [-0.2, 0) is 19.3 Å². The molecule has 0 radical (unpaired) electrons. The molecule has 4 rings (SSSR count). The van der Waals surface area contributed by atoms with Crippen LogP contribution in [0.2, 0.25) is 5.02 Å². The third-order valence-corrected chi connectivity index (χ3v) is 6.80. The Labute approximate surface area is 195 Å². The van der Waals surface area contributed by atoms with Gasteiger partial charge in [-0.05, 0) is 93.3 Å². The first kappa shape index (κ1) is 22.9. The molecule has 1 aliphatic heterocycles. The minimum absolute atomic E-state index is 0.366. The summed E-state index contributed by atoms with van der Waals surface area (Å²) in [6, 6.07) is 14.3. The second-order valence-electron chi connectivity index (χ2n) is 8.85. The van der Waals surface area contributed by atoms with Gasteiger partial charge in [0.25, 0.3) is 0 Å². The van der Waals surface area contributed by atoms with Crippen LogP contribution in [0.25, 0.3) is 11.3 Å². The summed E-state index contributed by atoms with van der Waals surface area (Å²) in [4.78, 5) is 8.81. The van der Waals surface area contributed by atoms with E-state index in [1.165, 1.54) is 36.6 Å².